The summed E-state index contributed by atoms with van der Waals surface area (Å²) < 4.78 is 15.9. The second-order valence-electron chi connectivity index (χ2n) is 7.00. The number of carbonyl (C=O) groups is 1. The van der Waals surface area contributed by atoms with Gasteiger partial charge in [0.15, 0.2) is 5.82 Å². The van der Waals surface area contributed by atoms with Gasteiger partial charge in [-0.15, -0.1) is 0 Å². The summed E-state index contributed by atoms with van der Waals surface area (Å²) in [6.45, 7) is 4.08. The maximum Gasteiger partial charge on any atom is 0.255 e. The Hall–Kier alpha value is -2.36. The highest BCUT2D eigenvalue weighted by Gasteiger charge is 2.31. The number of halogens is 1. The zero-order valence-electron chi connectivity index (χ0n) is 16.8. The average Bonchev–Trinajstić information content (AvgIpc) is 3.13. The molecule has 2 atom stereocenters. The minimum absolute atomic E-state index is 0.128. The van der Waals surface area contributed by atoms with Gasteiger partial charge in [0.25, 0.3) is 5.91 Å². The maximum atomic E-state index is 12.8. The van der Waals surface area contributed by atoms with Gasteiger partial charge in [0.2, 0.25) is 5.89 Å². The van der Waals surface area contributed by atoms with Crippen molar-refractivity contribution in [2.24, 2.45) is 0 Å². The number of nitrogen functional groups attached to an aromatic ring is 1. The summed E-state index contributed by atoms with van der Waals surface area (Å²) in [5, 5.41) is 7.28. The lowest BCUT2D eigenvalue weighted by molar-refractivity contribution is 0.00659. The molecule has 1 amide bonds. The first kappa shape index (κ1) is 21.4. The van der Waals surface area contributed by atoms with Crippen LogP contribution in [-0.4, -0.2) is 66.9 Å². The standard InChI is InChI=1S/C19H26ClN5O4/c1-11-22-18(24-29-11)5-7-25-6-4-15(17(10-25)28-3)23-19(26)12-8-13(20)14(21)9-16(12)27-2/h8-9,15,17H,4-7,10,21H2,1-3H3,(H,23,26)/t15-,17+/m1/s1. The number of rotatable bonds is 7. The highest BCUT2D eigenvalue weighted by Crippen LogP contribution is 2.29. The van der Waals surface area contributed by atoms with Crippen LogP contribution in [0.3, 0.4) is 0 Å². The van der Waals surface area contributed by atoms with Crippen molar-refractivity contribution in [3.63, 3.8) is 0 Å². The van der Waals surface area contributed by atoms with Crippen LogP contribution in [0.15, 0.2) is 16.7 Å². The molecule has 0 saturated carbocycles. The maximum absolute atomic E-state index is 12.8. The first-order valence-corrected chi connectivity index (χ1v) is 9.77. The average molecular weight is 424 g/mol. The van der Waals surface area contributed by atoms with Gasteiger partial charge in [-0.25, -0.2) is 0 Å². The van der Waals surface area contributed by atoms with Gasteiger partial charge in [0, 0.05) is 46.2 Å². The van der Waals surface area contributed by atoms with E-state index in [0.29, 0.717) is 46.7 Å². The predicted octanol–water partition coefficient (Wildman–Crippen LogP) is 1.68. The van der Waals surface area contributed by atoms with Crippen LogP contribution in [0.2, 0.25) is 5.02 Å². The normalized spacial score (nSPS) is 19.9. The molecule has 3 rings (SSSR count). The minimum Gasteiger partial charge on any atom is -0.496 e. The fourth-order valence-electron chi connectivity index (χ4n) is 3.45. The van der Waals surface area contributed by atoms with Gasteiger partial charge in [0.1, 0.15) is 5.75 Å². The number of nitrogens with two attached hydrogens (primary N) is 1. The number of benzene rings is 1. The Balaban J connectivity index is 1.60. The smallest absolute Gasteiger partial charge is 0.255 e. The molecule has 0 spiro atoms. The molecule has 2 heterocycles. The van der Waals surface area contributed by atoms with E-state index < -0.39 is 0 Å². The number of anilines is 1. The summed E-state index contributed by atoms with van der Waals surface area (Å²) in [4.78, 5) is 19.3. The minimum atomic E-state index is -0.272. The van der Waals surface area contributed by atoms with Crippen LogP contribution in [-0.2, 0) is 11.2 Å². The first-order chi connectivity index (χ1) is 13.9. The second-order valence-corrected chi connectivity index (χ2v) is 7.40. The number of hydrogen-bond acceptors (Lipinski definition) is 8. The van der Waals surface area contributed by atoms with Crippen LogP contribution in [0.1, 0.15) is 28.5 Å². The highest BCUT2D eigenvalue weighted by atomic mass is 35.5. The van der Waals surface area contributed by atoms with Crippen LogP contribution in [0.25, 0.3) is 0 Å². The summed E-state index contributed by atoms with van der Waals surface area (Å²) >= 11 is 6.08. The summed E-state index contributed by atoms with van der Waals surface area (Å²) in [6.07, 6.45) is 1.31. The number of aromatic nitrogens is 2. The molecule has 1 aliphatic heterocycles. The van der Waals surface area contributed by atoms with Gasteiger partial charge in [-0.2, -0.15) is 4.98 Å². The number of amides is 1. The third kappa shape index (κ3) is 5.17. The molecule has 29 heavy (non-hydrogen) atoms. The van der Waals surface area contributed by atoms with E-state index in [2.05, 4.69) is 20.4 Å². The Kier molecular flexibility index (Phi) is 6.94. The number of aryl methyl sites for hydroxylation is 1. The largest absolute Gasteiger partial charge is 0.496 e. The van der Waals surface area contributed by atoms with Crippen LogP contribution >= 0.6 is 11.6 Å². The number of methoxy groups -OCH3 is 2. The summed E-state index contributed by atoms with van der Waals surface area (Å²) in [5.74, 6) is 1.37. The lowest BCUT2D eigenvalue weighted by Crippen LogP contribution is -2.55. The van der Waals surface area contributed by atoms with E-state index in [1.54, 1.807) is 20.1 Å². The van der Waals surface area contributed by atoms with E-state index in [4.69, 9.17) is 31.3 Å². The molecule has 0 radical (unpaired) electrons. The van der Waals surface area contributed by atoms with Gasteiger partial charge >= 0.3 is 0 Å². The third-order valence-corrected chi connectivity index (χ3v) is 5.37. The number of ether oxygens (including phenoxy) is 2. The number of carbonyl (C=O) groups excluding carboxylic acids is 1. The molecule has 1 saturated heterocycles. The monoisotopic (exact) mass is 423 g/mol. The van der Waals surface area contributed by atoms with Crippen molar-refractivity contribution in [3.8, 4) is 5.75 Å². The second kappa shape index (κ2) is 9.43. The molecule has 2 aromatic rings. The molecule has 1 aromatic carbocycles. The van der Waals surface area contributed by atoms with Crippen LogP contribution in [0.5, 0.6) is 5.75 Å². The number of piperidine rings is 1. The van der Waals surface area contributed by atoms with Crippen molar-refractivity contribution >= 4 is 23.2 Å². The van der Waals surface area contributed by atoms with Crippen LogP contribution in [0.4, 0.5) is 5.69 Å². The molecule has 3 N–H and O–H groups in total. The molecule has 0 unspecified atom stereocenters. The topological polar surface area (TPSA) is 116 Å². The number of likely N-dealkylation sites (tertiary alicyclic amines) is 1. The van der Waals surface area contributed by atoms with Crippen LogP contribution < -0.4 is 15.8 Å². The fourth-order valence-corrected chi connectivity index (χ4v) is 3.61. The lowest BCUT2D eigenvalue weighted by atomic mass is 10.0. The SMILES string of the molecule is COc1cc(N)c(Cl)cc1C(=O)N[C@@H]1CCN(CCc2noc(C)n2)C[C@@H]1OC. The Labute approximate surface area is 174 Å². The van der Waals surface area contributed by atoms with Crippen LogP contribution in [0, 0.1) is 6.92 Å². The first-order valence-electron chi connectivity index (χ1n) is 9.39. The molecule has 1 aliphatic rings. The zero-order valence-corrected chi connectivity index (χ0v) is 17.5. The summed E-state index contributed by atoms with van der Waals surface area (Å²) in [7, 11) is 3.14. The number of nitrogens with zero attached hydrogens (tertiary/aromatic N) is 3. The van der Waals surface area contributed by atoms with E-state index in [-0.39, 0.29) is 18.1 Å². The Morgan fingerprint density at radius 1 is 1.45 bits per heavy atom. The van der Waals surface area contributed by atoms with Crippen molar-refractivity contribution in [3.05, 3.63) is 34.4 Å². The zero-order chi connectivity index (χ0) is 21.0. The van der Waals surface area contributed by atoms with Gasteiger partial charge in [-0.1, -0.05) is 16.8 Å². The van der Waals surface area contributed by atoms with Crippen molar-refractivity contribution in [1.29, 1.82) is 0 Å². The fraction of sp³-hybridized carbons (Fsp3) is 0.526. The Morgan fingerprint density at radius 2 is 2.24 bits per heavy atom. The van der Waals surface area contributed by atoms with Crippen molar-refractivity contribution in [2.45, 2.75) is 31.9 Å². The molecular weight excluding hydrogens is 398 g/mol. The van der Waals surface area contributed by atoms with Gasteiger partial charge in [-0.05, 0) is 12.5 Å². The number of nitrogens with one attached hydrogen (secondary N) is 1. The molecule has 1 aromatic heterocycles. The van der Waals surface area contributed by atoms with E-state index in [0.717, 1.165) is 19.5 Å². The van der Waals surface area contributed by atoms with Crippen molar-refractivity contribution in [2.75, 3.05) is 39.6 Å². The van der Waals surface area contributed by atoms with Crippen molar-refractivity contribution in [1.82, 2.24) is 20.4 Å². The molecule has 0 bridgehead atoms. The van der Waals surface area contributed by atoms with E-state index >= 15 is 0 Å². The molecule has 1 fully saturated rings. The third-order valence-electron chi connectivity index (χ3n) is 5.05. The van der Waals surface area contributed by atoms with Gasteiger partial charge in [0.05, 0.1) is 35.5 Å². The van der Waals surface area contributed by atoms with Gasteiger partial charge < -0.3 is 29.9 Å². The summed E-state index contributed by atoms with van der Waals surface area (Å²) in [6, 6.07) is 2.94. The van der Waals surface area contributed by atoms with Crippen molar-refractivity contribution < 1.29 is 18.8 Å². The summed E-state index contributed by atoms with van der Waals surface area (Å²) in [5.41, 5.74) is 6.50. The molecule has 158 valence electrons. The van der Waals surface area contributed by atoms with E-state index in [1.807, 2.05) is 0 Å². The Morgan fingerprint density at radius 3 is 2.90 bits per heavy atom. The quantitative estimate of drug-likeness (QED) is 0.646. The molecule has 9 nitrogen and oxygen atoms in total. The van der Waals surface area contributed by atoms with Gasteiger partial charge in [-0.3, -0.25) is 4.79 Å². The Bertz CT molecular complexity index is 859. The van der Waals surface area contributed by atoms with E-state index in [1.165, 1.54) is 13.2 Å². The highest BCUT2D eigenvalue weighted by molar-refractivity contribution is 6.33. The predicted molar refractivity (Wildman–Crippen MR) is 108 cm³/mol. The molecular formula is C19H26ClN5O4. The molecule has 10 heteroatoms. The molecule has 0 aliphatic carbocycles. The number of hydrogen-bond donors (Lipinski definition) is 2. The lowest BCUT2D eigenvalue weighted by Gasteiger charge is -2.38. The van der Waals surface area contributed by atoms with E-state index in [9.17, 15) is 4.79 Å².